The van der Waals surface area contributed by atoms with Crippen LogP contribution in [-0.4, -0.2) is 68.4 Å². The summed E-state index contributed by atoms with van der Waals surface area (Å²) in [5.74, 6) is 0.698. The van der Waals surface area contributed by atoms with Gasteiger partial charge in [-0.25, -0.2) is 4.79 Å². The van der Waals surface area contributed by atoms with Crippen LogP contribution in [0.25, 0.3) is 0 Å². The molecule has 2 aliphatic rings. The van der Waals surface area contributed by atoms with Gasteiger partial charge in [-0.05, 0) is 63.4 Å². The van der Waals surface area contributed by atoms with E-state index in [1.165, 1.54) is 32.4 Å². The van der Waals surface area contributed by atoms with Gasteiger partial charge in [-0.2, -0.15) is 0 Å². The van der Waals surface area contributed by atoms with Gasteiger partial charge in [0, 0.05) is 26.2 Å². The fourth-order valence-corrected chi connectivity index (χ4v) is 3.83. The summed E-state index contributed by atoms with van der Waals surface area (Å²) in [7, 11) is 1.65. The first-order valence-electron chi connectivity index (χ1n) is 9.70. The van der Waals surface area contributed by atoms with Gasteiger partial charge in [0.15, 0.2) is 0 Å². The molecule has 2 fully saturated rings. The Bertz CT molecular complexity index is 602. The monoisotopic (exact) mass is 361 g/mol. The molecular formula is C20H31N3O3. The van der Waals surface area contributed by atoms with E-state index in [-0.39, 0.29) is 6.03 Å². The smallest absolute Gasteiger partial charge is 0.322 e. The number of carbonyl (C=O) groups is 1. The van der Waals surface area contributed by atoms with Crippen LogP contribution in [0.3, 0.4) is 0 Å². The van der Waals surface area contributed by atoms with Crippen LogP contribution in [0.4, 0.5) is 10.5 Å². The highest BCUT2D eigenvalue weighted by Gasteiger charge is 2.29. The predicted octanol–water partition coefficient (Wildman–Crippen LogP) is 3.11. The summed E-state index contributed by atoms with van der Waals surface area (Å²) >= 11 is 0. The Morgan fingerprint density at radius 1 is 1.19 bits per heavy atom. The van der Waals surface area contributed by atoms with Crippen LogP contribution in [0.15, 0.2) is 18.2 Å². The Morgan fingerprint density at radius 2 is 2.00 bits per heavy atom. The minimum absolute atomic E-state index is 0.0330. The van der Waals surface area contributed by atoms with E-state index in [0.717, 1.165) is 30.8 Å². The maximum Gasteiger partial charge on any atom is 0.322 e. The summed E-state index contributed by atoms with van der Waals surface area (Å²) in [6.07, 6.45) is 4.84. The molecule has 0 unspecified atom stereocenters. The van der Waals surface area contributed by atoms with E-state index in [1.54, 1.807) is 7.11 Å². The Labute approximate surface area is 156 Å². The second kappa shape index (κ2) is 9.24. The lowest BCUT2D eigenvalue weighted by Gasteiger charge is -2.37. The van der Waals surface area contributed by atoms with Gasteiger partial charge >= 0.3 is 6.03 Å². The Balaban J connectivity index is 1.61. The Hall–Kier alpha value is -1.79. The van der Waals surface area contributed by atoms with Crippen molar-refractivity contribution in [3.8, 4) is 5.75 Å². The normalized spacial score (nSPS) is 21.0. The van der Waals surface area contributed by atoms with Crippen LogP contribution in [0.2, 0.25) is 0 Å². The molecule has 2 amide bonds. The van der Waals surface area contributed by atoms with Crippen molar-refractivity contribution in [1.82, 2.24) is 9.80 Å². The van der Waals surface area contributed by atoms with Gasteiger partial charge in [-0.3, -0.25) is 4.90 Å². The summed E-state index contributed by atoms with van der Waals surface area (Å²) in [5.41, 5.74) is 1.82. The molecule has 0 bridgehead atoms. The molecule has 1 N–H and O–H groups in total. The number of carbonyl (C=O) groups excluding carboxylic acids is 1. The van der Waals surface area contributed by atoms with Gasteiger partial charge in [0.1, 0.15) is 12.4 Å². The van der Waals surface area contributed by atoms with Crippen molar-refractivity contribution in [3.05, 3.63) is 23.8 Å². The van der Waals surface area contributed by atoms with Crippen molar-refractivity contribution in [2.45, 2.75) is 38.6 Å². The third-order valence-corrected chi connectivity index (χ3v) is 5.26. The predicted molar refractivity (Wildman–Crippen MR) is 103 cm³/mol. The van der Waals surface area contributed by atoms with Crippen LogP contribution in [-0.2, 0) is 4.74 Å². The first-order valence-corrected chi connectivity index (χ1v) is 9.70. The molecule has 2 aliphatic heterocycles. The van der Waals surface area contributed by atoms with Gasteiger partial charge in [-0.15, -0.1) is 0 Å². The van der Waals surface area contributed by atoms with Crippen LogP contribution in [0.5, 0.6) is 5.75 Å². The molecule has 0 aliphatic carbocycles. The number of aryl methyl sites for hydroxylation is 1. The average Bonchev–Trinajstić information content (AvgIpc) is 3.19. The number of piperidine rings is 1. The molecule has 6 nitrogen and oxygen atoms in total. The first-order chi connectivity index (χ1) is 12.7. The number of rotatable bonds is 6. The molecule has 0 spiro atoms. The van der Waals surface area contributed by atoms with Gasteiger partial charge < -0.3 is 19.7 Å². The summed E-state index contributed by atoms with van der Waals surface area (Å²) in [6.45, 7) is 6.99. The number of urea groups is 1. The van der Waals surface area contributed by atoms with Crippen molar-refractivity contribution >= 4 is 11.7 Å². The number of hydrogen-bond acceptors (Lipinski definition) is 4. The van der Waals surface area contributed by atoms with Crippen molar-refractivity contribution in [3.63, 3.8) is 0 Å². The number of nitrogens with zero attached hydrogens (tertiary/aromatic N) is 2. The number of amides is 2. The summed E-state index contributed by atoms with van der Waals surface area (Å²) in [6, 6.07) is 6.33. The van der Waals surface area contributed by atoms with Crippen molar-refractivity contribution in [2.75, 3.05) is 51.8 Å². The van der Waals surface area contributed by atoms with Crippen molar-refractivity contribution in [2.24, 2.45) is 0 Å². The van der Waals surface area contributed by atoms with E-state index < -0.39 is 0 Å². The highest BCUT2D eigenvalue weighted by Crippen LogP contribution is 2.27. The summed E-state index contributed by atoms with van der Waals surface area (Å²) < 4.78 is 10.8. The van der Waals surface area contributed by atoms with Crippen LogP contribution < -0.4 is 10.1 Å². The van der Waals surface area contributed by atoms with Gasteiger partial charge in [0.2, 0.25) is 0 Å². The SMILES string of the molecule is COCCOc1cc(C)ccc1NC(=O)N1CCC[C@@H](N2CCCC2)C1. The van der Waals surface area contributed by atoms with Crippen molar-refractivity contribution < 1.29 is 14.3 Å². The fourth-order valence-electron chi connectivity index (χ4n) is 3.83. The zero-order valence-corrected chi connectivity index (χ0v) is 16.0. The van der Waals surface area contributed by atoms with E-state index >= 15 is 0 Å². The fraction of sp³-hybridized carbons (Fsp3) is 0.650. The zero-order valence-electron chi connectivity index (χ0n) is 16.0. The number of anilines is 1. The summed E-state index contributed by atoms with van der Waals surface area (Å²) in [4.78, 5) is 17.3. The maximum atomic E-state index is 12.8. The molecule has 2 saturated heterocycles. The van der Waals surface area contributed by atoms with Gasteiger partial charge in [0.05, 0.1) is 12.3 Å². The Morgan fingerprint density at radius 3 is 2.77 bits per heavy atom. The molecule has 26 heavy (non-hydrogen) atoms. The maximum absolute atomic E-state index is 12.8. The number of likely N-dealkylation sites (tertiary alicyclic amines) is 2. The lowest BCUT2D eigenvalue weighted by atomic mass is 10.0. The minimum Gasteiger partial charge on any atom is -0.489 e. The lowest BCUT2D eigenvalue weighted by molar-refractivity contribution is 0.131. The standard InChI is InChI=1S/C20H31N3O3/c1-16-7-8-18(19(14-16)26-13-12-25-2)21-20(24)23-11-5-6-17(15-23)22-9-3-4-10-22/h7-8,14,17H,3-6,9-13,15H2,1-2H3,(H,21,24)/t17-/m1/s1. The lowest BCUT2D eigenvalue weighted by Crippen LogP contribution is -2.50. The molecule has 1 atom stereocenters. The highest BCUT2D eigenvalue weighted by molar-refractivity contribution is 5.91. The minimum atomic E-state index is -0.0330. The molecule has 0 radical (unpaired) electrons. The second-order valence-electron chi connectivity index (χ2n) is 7.26. The number of ether oxygens (including phenoxy) is 2. The highest BCUT2D eigenvalue weighted by atomic mass is 16.5. The largest absolute Gasteiger partial charge is 0.489 e. The van der Waals surface area contributed by atoms with Crippen molar-refractivity contribution in [1.29, 1.82) is 0 Å². The molecular weight excluding hydrogens is 330 g/mol. The number of hydrogen-bond donors (Lipinski definition) is 1. The van der Waals surface area contributed by atoms with E-state index in [2.05, 4.69) is 10.2 Å². The number of methoxy groups -OCH3 is 1. The topological polar surface area (TPSA) is 54.0 Å². The molecule has 1 aromatic rings. The molecule has 0 saturated carbocycles. The van der Waals surface area contributed by atoms with E-state index in [0.29, 0.717) is 25.0 Å². The molecule has 3 rings (SSSR count). The third-order valence-electron chi connectivity index (χ3n) is 5.26. The molecule has 144 valence electrons. The van der Waals surface area contributed by atoms with E-state index in [9.17, 15) is 4.79 Å². The quantitative estimate of drug-likeness (QED) is 0.791. The van der Waals surface area contributed by atoms with Crippen LogP contribution in [0, 0.1) is 6.92 Å². The molecule has 2 heterocycles. The molecule has 1 aromatic carbocycles. The first kappa shape index (κ1) is 19.0. The average molecular weight is 361 g/mol. The number of benzene rings is 1. The Kier molecular flexibility index (Phi) is 6.74. The van der Waals surface area contributed by atoms with E-state index in [1.807, 2.05) is 30.0 Å². The third kappa shape index (κ3) is 4.89. The van der Waals surface area contributed by atoms with Gasteiger partial charge in [-0.1, -0.05) is 6.07 Å². The summed E-state index contributed by atoms with van der Waals surface area (Å²) in [5, 5.41) is 3.05. The second-order valence-corrected chi connectivity index (χ2v) is 7.26. The molecule has 6 heteroatoms. The van der Waals surface area contributed by atoms with E-state index in [4.69, 9.17) is 9.47 Å². The molecule has 0 aromatic heterocycles. The van der Waals surface area contributed by atoms with Gasteiger partial charge in [0.25, 0.3) is 0 Å². The zero-order chi connectivity index (χ0) is 18.4. The van der Waals surface area contributed by atoms with Crippen LogP contribution >= 0.6 is 0 Å². The van der Waals surface area contributed by atoms with Crippen LogP contribution in [0.1, 0.15) is 31.2 Å². The number of nitrogens with one attached hydrogen (secondary N) is 1.